The summed E-state index contributed by atoms with van der Waals surface area (Å²) in [5.74, 6) is 0.0342. The van der Waals surface area contributed by atoms with Crippen LogP contribution < -0.4 is 20.9 Å². The highest BCUT2D eigenvalue weighted by Crippen LogP contribution is 2.29. The van der Waals surface area contributed by atoms with Gasteiger partial charge in [0.25, 0.3) is 5.91 Å². The molecule has 0 unspecified atom stereocenters. The van der Waals surface area contributed by atoms with Crippen LogP contribution in [0, 0.1) is 0 Å². The van der Waals surface area contributed by atoms with Crippen molar-refractivity contribution in [1.82, 2.24) is 15.8 Å². The molecule has 1 heterocycles. The van der Waals surface area contributed by atoms with Gasteiger partial charge in [-0.15, -0.1) is 0 Å². The number of rotatable bonds is 6. The number of anilines is 1. The first-order valence-electron chi connectivity index (χ1n) is 8.50. The fourth-order valence-corrected chi connectivity index (χ4v) is 2.69. The highest BCUT2D eigenvalue weighted by atomic mass is 35.5. The second-order valence-electron chi connectivity index (χ2n) is 5.80. The van der Waals surface area contributed by atoms with Crippen molar-refractivity contribution in [3.63, 3.8) is 0 Å². The zero-order valence-corrected chi connectivity index (χ0v) is 15.8. The molecule has 8 nitrogen and oxygen atoms in total. The van der Waals surface area contributed by atoms with Gasteiger partial charge in [0.2, 0.25) is 0 Å². The van der Waals surface area contributed by atoms with Gasteiger partial charge in [0, 0.05) is 23.0 Å². The Bertz CT molecular complexity index is 1010. The summed E-state index contributed by atoms with van der Waals surface area (Å²) in [6.45, 7) is -0.178. The zero-order chi connectivity index (χ0) is 20.6. The minimum atomic E-state index is -0.801. The van der Waals surface area contributed by atoms with E-state index in [-0.39, 0.29) is 12.6 Å². The zero-order valence-electron chi connectivity index (χ0n) is 15.1. The van der Waals surface area contributed by atoms with Crippen LogP contribution in [0.15, 0.2) is 66.9 Å². The molecular weight excluding hydrogens is 396 g/mol. The second-order valence-corrected chi connectivity index (χ2v) is 6.21. The molecule has 4 N–H and O–H groups in total. The summed E-state index contributed by atoms with van der Waals surface area (Å²) >= 11 is 6.27. The van der Waals surface area contributed by atoms with E-state index in [1.165, 1.54) is 11.5 Å². The number of amides is 3. The number of nitrogens with zero attached hydrogens (tertiary/aromatic N) is 1. The Balaban J connectivity index is 1.70. The molecule has 0 saturated carbocycles. The summed E-state index contributed by atoms with van der Waals surface area (Å²) in [7, 11) is 0. The third kappa shape index (κ3) is 5.44. The lowest BCUT2D eigenvalue weighted by molar-refractivity contribution is 0.102. The second kappa shape index (κ2) is 9.54. The van der Waals surface area contributed by atoms with Gasteiger partial charge < -0.3 is 15.4 Å². The number of hydrogen-bond acceptors (Lipinski definition) is 5. The lowest BCUT2D eigenvalue weighted by Crippen LogP contribution is -2.35. The molecule has 0 spiro atoms. The number of hydrogen-bond donors (Lipinski definition) is 4. The maximum atomic E-state index is 12.6. The molecule has 3 rings (SSSR count). The van der Waals surface area contributed by atoms with E-state index in [0.29, 0.717) is 33.3 Å². The lowest BCUT2D eigenvalue weighted by Gasteiger charge is -2.11. The Kier molecular flexibility index (Phi) is 6.62. The third-order valence-corrected chi connectivity index (χ3v) is 4.16. The number of ether oxygens (including phenoxy) is 1. The van der Waals surface area contributed by atoms with Gasteiger partial charge in [0.1, 0.15) is 5.75 Å². The number of carbonyl (C=O) groups is 2. The van der Waals surface area contributed by atoms with Crippen LogP contribution in [0.25, 0.3) is 11.3 Å². The lowest BCUT2D eigenvalue weighted by atomic mass is 10.1. The first-order chi connectivity index (χ1) is 14.1. The molecular formula is C20H17ClN4O4. The molecule has 0 aliphatic carbocycles. The number of carbonyl (C=O) groups excluding carboxylic acids is 2. The minimum absolute atomic E-state index is 0.178. The molecule has 29 heavy (non-hydrogen) atoms. The summed E-state index contributed by atoms with van der Waals surface area (Å²) in [5, 5.41) is 14.0. The maximum Gasteiger partial charge on any atom is 0.341 e. The summed E-state index contributed by atoms with van der Waals surface area (Å²) in [5.41, 5.74) is 3.75. The molecule has 0 saturated heterocycles. The maximum absolute atomic E-state index is 12.6. The highest BCUT2D eigenvalue weighted by molar-refractivity contribution is 6.33. The first kappa shape index (κ1) is 20.1. The van der Waals surface area contributed by atoms with E-state index in [4.69, 9.17) is 21.5 Å². The molecule has 9 heteroatoms. The van der Waals surface area contributed by atoms with Crippen molar-refractivity contribution >= 4 is 29.2 Å². The fraction of sp³-hybridized carbons (Fsp3) is 0.0500. The van der Waals surface area contributed by atoms with Crippen molar-refractivity contribution in [2.75, 3.05) is 12.0 Å². The molecule has 0 atom stereocenters. The molecule has 2 aromatic carbocycles. The van der Waals surface area contributed by atoms with Crippen LogP contribution in [-0.4, -0.2) is 28.9 Å². The number of halogens is 1. The topological polar surface area (TPSA) is 113 Å². The molecule has 3 amide bonds. The van der Waals surface area contributed by atoms with Crippen molar-refractivity contribution < 1.29 is 19.5 Å². The number of aromatic nitrogens is 1. The summed E-state index contributed by atoms with van der Waals surface area (Å²) in [6.07, 6.45) is 1.67. The highest BCUT2D eigenvalue weighted by Gasteiger charge is 2.11. The van der Waals surface area contributed by atoms with E-state index >= 15 is 0 Å². The number of nitrogens with one attached hydrogen (secondary N) is 3. The molecule has 148 valence electrons. The molecule has 0 radical (unpaired) electrons. The van der Waals surface area contributed by atoms with Crippen LogP contribution >= 0.6 is 11.6 Å². The number of urea groups is 1. The largest absolute Gasteiger partial charge is 0.473 e. The smallest absolute Gasteiger partial charge is 0.341 e. The van der Waals surface area contributed by atoms with Crippen molar-refractivity contribution in [2.24, 2.45) is 0 Å². The molecule has 1 aromatic heterocycles. The van der Waals surface area contributed by atoms with Gasteiger partial charge in [-0.1, -0.05) is 23.7 Å². The average Bonchev–Trinajstić information content (AvgIpc) is 2.75. The van der Waals surface area contributed by atoms with Crippen LogP contribution in [-0.2, 0) is 0 Å². The van der Waals surface area contributed by atoms with E-state index in [1.54, 1.807) is 42.6 Å². The first-order valence-corrected chi connectivity index (χ1v) is 8.88. The quantitative estimate of drug-likeness (QED) is 0.280. The van der Waals surface area contributed by atoms with Crippen LogP contribution in [0.4, 0.5) is 10.5 Å². The summed E-state index contributed by atoms with van der Waals surface area (Å²) in [4.78, 5) is 27.8. The van der Waals surface area contributed by atoms with E-state index in [1.807, 2.05) is 18.2 Å². The Morgan fingerprint density at radius 2 is 1.93 bits per heavy atom. The number of hydroxylamine groups is 1. The minimum Gasteiger partial charge on any atom is -0.473 e. The summed E-state index contributed by atoms with van der Waals surface area (Å²) in [6, 6.07) is 16.3. The van der Waals surface area contributed by atoms with E-state index in [0.717, 1.165) is 0 Å². The Labute approximate surface area is 171 Å². The number of pyridine rings is 1. The molecule has 0 bridgehead atoms. The normalized spacial score (nSPS) is 10.1. The van der Waals surface area contributed by atoms with Gasteiger partial charge in [-0.3, -0.25) is 15.0 Å². The average molecular weight is 413 g/mol. The SMILES string of the molecule is O=C(NO)NCOc1cccc(C(=O)Nc2ccc(Cl)c(-c3ccccn3)c2)c1. The molecule has 0 aliphatic heterocycles. The van der Waals surface area contributed by atoms with Gasteiger partial charge in [-0.05, 0) is 48.5 Å². The van der Waals surface area contributed by atoms with Crippen LogP contribution in [0.3, 0.4) is 0 Å². The summed E-state index contributed by atoms with van der Waals surface area (Å²) < 4.78 is 5.32. The Morgan fingerprint density at radius 3 is 2.69 bits per heavy atom. The molecule has 0 fully saturated rings. The molecule has 0 aliphatic rings. The predicted octanol–water partition coefficient (Wildman–Crippen LogP) is 3.68. The monoisotopic (exact) mass is 412 g/mol. The van der Waals surface area contributed by atoms with Gasteiger partial charge in [-0.2, -0.15) is 0 Å². The predicted molar refractivity (Wildman–Crippen MR) is 108 cm³/mol. The standard InChI is InChI=1S/C20H17ClN4O4/c21-17-8-7-14(11-16(17)18-6-1-2-9-22-18)24-19(26)13-4-3-5-15(10-13)29-12-23-20(27)25-28/h1-11,28H,12H2,(H,24,26)(H2,23,25,27). The van der Waals surface area contributed by atoms with E-state index in [2.05, 4.69) is 15.6 Å². The van der Waals surface area contributed by atoms with E-state index in [9.17, 15) is 9.59 Å². The van der Waals surface area contributed by atoms with Gasteiger partial charge in [-0.25, -0.2) is 10.3 Å². The van der Waals surface area contributed by atoms with Gasteiger partial charge >= 0.3 is 6.03 Å². The Morgan fingerprint density at radius 1 is 1.07 bits per heavy atom. The molecule has 3 aromatic rings. The van der Waals surface area contributed by atoms with Crippen LogP contribution in [0.2, 0.25) is 5.02 Å². The Hall–Kier alpha value is -3.62. The number of benzene rings is 2. The van der Waals surface area contributed by atoms with Crippen molar-refractivity contribution in [3.8, 4) is 17.0 Å². The van der Waals surface area contributed by atoms with Crippen molar-refractivity contribution in [3.05, 3.63) is 77.4 Å². The van der Waals surface area contributed by atoms with Crippen LogP contribution in [0.1, 0.15) is 10.4 Å². The van der Waals surface area contributed by atoms with Crippen molar-refractivity contribution in [2.45, 2.75) is 0 Å². The van der Waals surface area contributed by atoms with Crippen LogP contribution in [0.5, 0.6) is 5.75 Å². The van der Waals surface area contributed by atoms with Gasteiger partial charge in [0.05, 0.1) is 10.7 Å². The van der Waals surface area contributed by atoms with E-state index < -0.39 is 6.03 Å². The van der Waals surface area contributed by atoms with Gasteiger partial charge in [0.15, 0.2) is 6.73 Å². The van der Waals surface area contributed by atoms with Crippen molar-refractivity contribution in [1.29, 1.82) is 0 Å². The fourth-order valence-electron chi connectivity index (χ4n) is 2.48. The third-order valence-electron chi connectivity index (χ3n) is 3.83.